The monoisotopic (exact) mass is 228 g/mol. The number of thioether (sulfide) groups is 1. The Morgan fingerprint density at radius 2 is 1.93 bits per heavy atom. The van der Waals surface area contributed by atoms with Crippen LogP contribution in [0.2, 0.25) is 0 Å². The summed E-state index contributed by atoms with van der Waals surface area (Å²) >= 11 is 1.99. The molecule has 1 aliphatic rings. The van der Waals surface area contributed by atoms with E-state index in [-0.39, 0.29) is 11.6 Å². The summed E-state index contributed by atoms with van der Waals surface area (Å²) in [6.45, 7) is 5.65. The Kier molecular flexibility index (Phi) is 4.71. The fraction of sp³-hybridized carbons (Fsp3) is 0.750. The first kappa shape index (κ1) is 12.6. The van der Waals surface area contributed by atoms with Crippen molar-refractivity contribution in [1.29, 1.82) is 0 Å². The second-order valence-electron chi connectivity index (χ2n) is 4.84. The summed E-state index contributed by atoms with van der Waals surface area (Å²) in [6.07, 6.45) is 5.97. The lowest BCUT2D eigenvalue weighted by Crippen LogP contribution is -2.22. The molecule has 1 heterocycles. The molecule has 86 valence electrons. The van der Waals surface area contributed by atoms with Crippen LogP contribution in [0.3, 0.4) is 0 Å². The van der Waals surface area contributed by atoms with E-state index in [0.717, 1.165) is 0 Å². The van der Waals surface area contributed by atoms with E-state index in [4.69, 9.17) is 4.74 Å². The van der Waals surface area contributed by atoms with Gasteiger partial charge in [0.05, 0.1) is 0 Å². The van der Waals surface area contributed by atoms with E-state index < -0.39 is 0 Å². The summed E-state index contributed by atoms with van der Waals surface area (Å²) in [5.41, 5.74) is -0.385. The van der Waals surface area contributed by atoms with Crippen LogP contribution in [0.25, 0.3) is 0 Å². The number of hydrogen-bond donors (Lipinski definition) is 0. The van der Waals surface area contributed by atoms with Crippen molar-refractivity contribution in [3.05, 3.63) is 12.2 Å². The Balaban J connectivity index is 2.33. The van der Waals surface area contributed by atoms with Crippen molar-refractivity contribution in [2.24, 2.45) is 5.92 Å². The maximum atomic E-state index is 11.4. The zero-order chi connectivity index (χ0) is 11.3. The van der Waals surface area contributed by atoms with Crippen molar-refractivity contribution < 1.29 is 9.53 Å². The van der Waals surface area contributed by atoms with Crippen molar-refractivity contribution in [3.8, 4) is 0 Å². The Morgan fingerprint density at radius 3 is 2.47 bits per heavy atom. The number of carbonyl (C=O) groups excluding carboxylic acids is 1. The highest BCUT2D eigenvalue weighted by Gasteiger charge is 2.15. The minimum Gasteiger partial charge on any atom is -0.457 e. The number of carbonyl (C=O) groups is 1. The average molecular weight is 228 g/mol. The first-order valence-corrected chi connectivity index (χ1v) is 6.62. The maximum Gasteiger partial charge on any atom is 0.330 e. The van der Waals surface area contributed by atoms with Gasteiger partial charge in [-0.3, -0.25) is 0 Å². The topological polar surface area (TPSA) is 26.3 Å². The van der Waals surface area contributed by atoms with Crippen LogP contribution >= 0.6 is 11.8 Å². The van der Waals surface area contributed by atoms with Gasteiger partial charge in [-0.1, -0.05) is 6.08 Å². The van der Waals surface area contributed by atoms with Crippen LogP contribution in [0.1, 0.15) is 33.6 Å². The van der Waals surface area contributed by atoms with Crippen LogP contribution in [-0.2, 0) is 9.53 Å². The van der Waals surface area contributed by atoms with Crippen LogP contribution < -0.4 is 0 Å². The Hall–Kier alpha value is -0.440. The van der Waals surface area contributed by atoms with Crippen LogP contribution in [-0.4, -0.2) is 23.1 Å². The van der Waals surface area contributed by atoms with E-state index in [1.165, 1.54) is 24.3 Å². The molecule has 1 aliphatic heterocycles. The van der Waals surface area contributed by atoms with E-state index in [1.807, 2.05) is 38.6 Å². The standard InChI is InChI=1S/C12H20O2S/c1-12(2,3)14-11(13)5-4-10-6-8-15-9-7-10/h4-5,10H,6-9H2,1-3H3. The highest BCUT2D eigenvalue weighted by Crippen LogP contribution is 2.23. The molecular formula is C12H20O2S. The SMILES string of the molecule is CC(C)(C)OC(=O)C=CC1CCSCC1. The van der Waals surface area contributed by atoms with Crippen LogP contribution in [0.4, 0.5) is 0 Å². The van der Waals surface area contributed by atoms with E-state index in [1.54, 1.807) is 6.08 Å². The zero-order valence-corrected chi connectivity index (χ0v) is 10.6. The zero-order valence-electron chi connectivity index (χ0n) is 9.79. The summed E-state index contributed by atoms with van der Waals surface area (Å²) in [5, 5.41) is 0. The summed E-state index contributed by atoms with van der Waals surface area (Å²) in [4.78, 5) is 11.4. The smallest absolute Gasteiger partial charge is 0.330 e. The van der Waals surface area contributed by atoms with Gasteiger partial charge >= 0.3 is 5.97 Å². The van der Waals surface area contributed by atoms with E-state index in [2.05, 4.69) is 0 Å². The molecule has 0 aromatic carbocycles. The quantitative estimate of drug-likeness (QED) is 0.537. The predicted molar refractivity (Wildman–Crippen MR) is 65.0 cm³/mol. The molecule has 1 fully saturated rings. The number of allylic oxidation sites excluding steroid dienone is 1. The Bertz CT molecular complexity index is 234. The maximum absolute atomic E-state index is 11.4. The van der Waals surface area contributed by atoms with Gasteiger partial charge < -0.3 is 4.74 Å². The fourth-order valence-corrected chi connectivity index (χ4v) is 2.60. The van der Waals surface area contributed by atoms with Gasteiger partial charge in [0.2, 0.25) is 0 Å². The molecule has 15 heavy (non-hydrogen) atoms. The van der Waals surface area contributed by atoms with Gasteiger partial charge in [0.15, 0.2) is 0 Å². The number of rotatable bonds is 2. The van der Waals surface area contributed by atoms with Gasteiger partial charge in [0, 0.05) is 6.08 Å². The molecule has 0 N–H and O–H groups in total. The summed E-state index contributed by atoms with van der Waals surface area (Å²) in [7, 11) is 0. The van der Waals surface area contributed by atoms with Gasteiger partial charge in [0.1, 0.15) is 5.60 Å². The van der Waals surface area contributed by atoms with Crippen molar-refractivity contribution in [2.45, 2.75) is 39.2 Å². The van der Waals surface area contributed by atoms with E-state index >= 15 is 0 Å². The van der Waals surface area contributed by atoms with E-state index in [9.17, 15) is 4.79 Å². The molecule has 0 saturated carbocycles. The summed E-state index contributed by atoms with van der Waals surface area (Å²) in [5.74, 6) is 2.77. The van der Waals surface area contributed by atoms with Crippen LogP contribution in [0.5, 0.6) is 0 Å². The van der Waals surface area contributed by atoms with Crippen LogP contribution in [0, 0.1) is 5.92 Å². The first-order valence-electron chi connectivity index (χ1n) is 5.46. The number of esters is 1. The number of hydrogen-bond acceptors (Lipinski definition) is 3. The first-order chi connectivity index (χ1) is 6.97. The van der Waals surface area contributed by atoms with Gasteiger partial charge in [-0.05, 0) is 51.0 Å². The van der Waals surface area contributed by atoms with Gasteiger partial charge in [-0.25, -0.2) is 4.79 Å². The number of ether oxygens (including phenoxy) is 1. The molecule has 1 rings (SSSR count). The molecule has 0 spiro atoms. The molecule has 0 radical (unpaired) electrons. The lowest BCUT2D eigenvalue weighted by Gasteiger charge is -2.19. The van der Waals surface area contributed by atoms with Crippen molar-refractivity contribution in [3.63, 3.8) is 0 Å². The molecule has 1 saturated heterocycles. The normalized spacial score (nSPS) is 19.4. The molecule has 3 heteroatoms. The minimum atomic E-state index is -0.385. The Morgan fingerprint density at radius 1 is 1.33 bits per heavy atom. The van der Waals surface area contributed by atoms with Crippen LogP contribution in [0.15, 0.2) is 12.2 Å². The van der Waals surface area contributed by atoms with Gasteiger partial charge in [-0.15, -0.1) is 0 Å². The lowest BCUT2D eigenvalue weighted by molar-refractivity contribution is -0.148. The van der Waals surface area contributed by atoms with Crippen molar-refractivity contribution in [2.75, 3.05) is 11.5 Å². The van der Waals surface area contributed by atoms with Crippen molar-refractivity contribution in [1.82, 2.24) is 0 Å². The molecule has 0 aromatic rings. The van der Waals surface area contributed by atoms with Gasteiger partial charge in [-0.2, -0.15) is 11.8 Å². The third-order valence-corrected chi connectivity index (χ3v) is 3.23. The molecule has 2 nitrogen and oxygen atoms in total. The highest BCUT2D eigenvalue weighted by molar-refractivity contribution is 7.99. The Labute approximate surface area is 96.5 Å². The predicted octanol–water partition coefficient (Wildman–Crippen LogP) is 3.03. The molecule has 0 atom stereocenters. The fourth-order valence-electron chi connectivity index (χ4n) is 1.46. The molecule has 0 unspecified atom stereocenters. The van der Waals surface area contributed by atoms with E-state index in [0.29, 0.717) is 5.92 Å². The minimum absolute atomic E-state index is 0.222. The largest absolute Gasteiger partial charge is 0.457 e. The third kappa shape index (κ3) is 5.88. The van der Waals surface area contributed by atoms with Crippen molar-refractivity contribution >= 4 is 17.7 Å². The average Bonchev–Trinajstić information content (AvgIpc) is 2.14. The molecule has 0 aromatic heterocycles. The second kappa shape index (κ2) is 5.59. The molecule has 0 bridgehead atoms. The highest BCUT2D eigenvalue weighted by atomic mass is 32.2. The lowest BCUT2D eigenvalue weighted by atomic mass is 10.0. The summed E-state index contributed by atoms with van der Waals surface area (Å²) < 4.78 is 5.20. The molecule has 0 aliphatic carbocycles. The third-order valence-electron chi connectivity index (χ3n) is 2.18. The second-order valence-corrected chi connectivity index (χ2v) is 6.07. The summed E-state index contributed by atoms with van der Waals surface area (Å²) in [6, 6.07) is 0. The van der Waals surface area contributed by atoms with Gasteiger partial charge in [0.25, 0.3) is 0 Å². The molecular weight excluding hydrogens is 208 g/mol. The molecule has 0 amide bonds.